The van der Waals surface area contributed by atoms with Crippen molar-refractivity contribution in [2.45, 2.75) is 9.79 Å². The van der Waals surface area contributed by atoms with Crippen molar-refractivity contribution in [2.75, 3.05) is 0 Å². The smallest absolute Gasteiger partial charge is 0.161 e. The van der Waals surface area contributed by atoms with Crippen LogP contribution in [-0.4, -0.2) is 19.1 Å². The van der Waals surface area contributed by atoms with Crippen LogP contribution in [0.2, 0.25) is 0 Å². The van der Waals surface area contributed by atoms with E-state index < -0.39 is 0 Å². The first-order chi connectivity index (χ1) is 25.3. The Balaban J connectivity index is 1.27. The minimum atomic E-state index is 0.715. The Morgan fingerprint density at radius 3 is 2.00 bits per heavy atom. The van der Waals surface area contributed by atoms with Crippen LogP contribution in [0.1, 0.15) is 0 Å². The predicted octanol–water partition coefficient (Wildman–Crippen LogP) is 12.1. The fourth-order valence-electron chi connectivity index (χ4n) is 8.01. The molecule has 3 aromatic heterocycles. The lowest BCUT2D eigenvalue weighted by Gasteiger charge is -2.21. The number of fused-ring (bicyclic) bond motifs is 8. The maximum absolute atomic E-state index is 5.31. The van der Waals surface area contributed by atoms with Gasteiger partial charge in [0, 0.05) is 48.2 Å². The summed E-state index contributed by atoms with van der Waals surface area (Å²) in [5, 5.41) is 4.76. The van der Waals surface area contributed by atoms with Crippen molar-refractivity contribution in [1.29, 1.82) is 0 Å². The standard InChI is InChI=1S/C46H28N4S/c1-3-15-29(16-4-1)43-34-21-9-10-24-36(34)47-45(48-43)33-20-8-7-19-31(33)32-22-13-26-38-41(32)42-35-23-14-28-40-44(35)50(37-25-11-12-27-39(37)51-40)46(42)49(38)30-17-5-2-6-18-30/h1-28H. The number of benzene rings is 7. The fraction of sp³-hybridized carbons (Fsp3) is 0. The second-order valence-corrected chi connectivity index (χ2v) is 14.0. The van der Waals surface area contributed by atoms with Crippen molar-refractivity contribution < 1.29 is 0 Å². The first-order valence-corrected chi connectivity index (χ1v) is 18.0. The van der Waals surface area contributed by atoms with Crippen molar-refractivity contribution in [2.24, 2.45) is 0 Å². The molecule has 0 N–H and O–H groups in total. The van der Waals surface area contributed by atoms with Gasteiger partial charge in [0.05, 0.1) is 27.9 Å². The van der Waals surface area contributed by atoms with Crippen LogP contribution in [0.5, 0.6) is 0 Å². The zero-order valence-electron chi connectivity index (χ0n) is 27.4. The molecule has 1 aliphatic rings. The van der Waals surface area contributed by atoms with Gasteiger partial charge in [0.1, 0.15) is 5.65 Å². The Kier molecular flexibility index (Phi) is 6.15. The van der Waals surface area contributed by atoms with E-state index in [1.54, 1.807) is 0 Å². The van der Waals surface area contributed by atoms with Gasteiger partial charge in [0.25, 0.3) is 0 Å². The Hall–Kier alpha value is -6.43. The summed E-state index contributed by atoms with van der Waals surface area (Å²) >= 11 is 1.85. The molecule has 0 atom stereocenters. The van der Waals surface area contributed by atoms with E-state index in [-0.39, 0.29) is 0 Å². The molecule has 238 valence electrons. The summed E-state index contributed by atoms with van der Waals surface area (Å²) in [5.41, 5.74) is 12.1. The lowest BCUT2D eigenvalue weighted by molar-refractivity contribution is 1.03. The molecule has 0 aliphatic carbocycles. The molecule has 1 aliphatic heterocycles. The van der Waals surface area contributed by atoms with Crippen LogP contribution in [0.4, 0.5) is 0 Å². The van der Waals surface area contributed by atoms with E-state index in [9.17, 15) is 0 Å². The summed E-state index contributed by atoms with van der Waals surface area (Å²) in [7, 11) is 0. The Morgan fingerprint density at radius 2 is 1.12 bits per heavy atom. The first-order valence-electron chi connectivity index (χ1n) is 17.2. The third-order valence-corrected chi connectivity index (χ3v) is 11.2. The highest BCUT2D eigenvalue weighted by atomic mass is 32.2. The average Bonchev–Trinajstić information content (AvgIpc) is 3.72. The van der Waals surface area contributed by atoms with Gasteiger partial charge < -0.3 is 0 Å². The molecule has 0 amide bonds. The van der Waals surface area contributed by atoms with Crippen molar-refractivity contribution in [1.82, 2.24) is 19.1 Å². The summed E-state index contributed by atoms with van der Waals surface area (Å²) in [6.07, 6.45) is 0. The molecule has 0 saturated heterocycles. The molecular weight excluding hydrogens is 641 g/mol. The third kappa shape index (κ3) is 4.16. The summed E-state index contributed by atoms with van der Waals surface area (Å²) in [4.78, 5) is 13.0. The van der Waals surface area contributed by atoms with Gasteiger partial charge in [-0.3, -0.25) is 9.13 Å². The molecule has 11 rings (SSSR count). The molecule has 4 nitrogen and oxygen atoms in total. The number of para-hydroxylation sites is 4. The van der Waals surface area contributed by atoms with Gasteiger partial charge in [-0.05, 0) is 53.6 Å². The Morgan fingerprint density at radius 1 is 0.451 bits per heavy atom. The van der Waals surface area contributed by atoms with E-state index in [0.717, 1.165) is 50.1 Å². The second kappa shape index (κ2) is 11.0. The van der Waals surface area contributed by atoms with Gasteiger partial charge in [-0.1, -0.05) is 139 Å². The molecule has 0 saturated carbocycles. The fourth-order valence-corrected chi connectivity index (χ4v) is 9.10. The molecule has 0 bridgehead atoms. The van der Waals surface area contributed by atoms with Crippen LogP contribution in [-0.2, 0) is 0 Å². The molecule has 4 heterocycles. The molecule has 51 heavy (non-hydrogen) atoms. The molecule has 5 heteroatoms. The number of nitrogens with zero attached hydrogens (tertiary/aromatic N) is 4. The van der Waals surface area contributed by atoms with Crippen LogP contribution >= 0.6 is 11.8 Å². The second-order valence-electron chi connectivity index (χ2n) is 13.0. The number of aromatic nitrogens is 4. The zero-order valence-corrected chi connectivity index (χ0v) is 28.2. The van der Waals surface area contributed by atoms with Crippen LogP contribution in [0.15, 0.2) is 180 Å². The van der Waals surface area contributed by atoms with Crippen molar-refractivity contribution in [3.8, 4) is 45.1 Å². The van der Waals surface area contributed by atoms with E-state index in [2.05, 4.69) is 173 Å². The number of hydrogen-bond acceptors (Lipinski definition) is 3. The normalized spacial score (nSPS) is 12.2. The van der Waals surface area contributed by atoms with Crippen LogP contribution in [0, 0.1) is 0 Å². The van der Waals surface area contributed by atoms with Gasteiger partial charge in [0.15, 0.2) is 5.82 Å². The van der Waals surface area contributed by atoms with E-state index in [1.807, 2.05) is 17.8 Å². The largest absolute Gasteiger partial charge is 0.295 e. The summed E-state index contributed by atoms with van der Waals surface area (Å²) in [5.74, 6) is 0.715. The molecule has 0 unspecified atom stereocenters. The van der Waals surface area contributed by atoms with E-state index in [1.165, 1.54) is 42.8 Å². The molecule has 0 fully saturated rings. The lowest BCUT2D eigenvalue weighted by atomic mass is 9.94. The number of hydrogen-bond donors (Lipinski definition) is 0. The predicted molar refractivity (Wildman–Crippen MR) is 211 cm³/mol. The quantitative estimate of drug-likeness (QED) is 0.187. The summed E-state index contributed by atoms with van der Waals surface area (Å²) < 4.78 is 4.94. The Bertz CT molecular complexity index is 2990. The van der Waals surface area contributed by atoms with Crippen LogP contribution in [0.3, 0.4) is 0 Å². The summed E-state index contributed by atoms with van der Waals surface area (Å²) in [6.45, 7) is 0. The lowest BCUT2D eigenvalue weighted by Crippen LogP contribution is -2.05. The van der Waals surface area contributed by atoms with Gasteiger partial charge >= 0.3 is 0 Å². The third-order valence-electron chi connectivity index (χ3n) is 10.1. The molecular formula is C46H28N4S. The minimum absolute atomic E-state index is 0.715. The highest BCUT2D eigenvalue weighted by Crippen LogP contribution is 2.51. The molecule has 0 spiro atoms. The topological polar surface area (TPSA) is 35.6 Å². The van der Waals surface area contributed by atoms with Crippen molar-refractivity contribution >= 4 is 55.5 Å². The van der Waals surface area contributed by atoms with E-state index in [4.69, 9.17) is 9.97 Å². The number of rotatable bonds is 4. The van der Waals surface area contributed by atoms with E-state index in [0.29, 0.717) is 5.82 Å². The van der Waals surface area contributed by atoms with Crippen molar-refractivity contribution in [3.63, 3.8) is 0 Å². The van der Waals surface area contributed by atoms with E-state index >= 15 is 0 Å². The average molecular weight is 669 g/mol. The van der Waals surface area contributed by atoms with Crippen LogP contribution < -0.4 is 0 Å². The van der Waals surface area contributed by atoms with Crippen LogP contribution in [0.25, 0.3) is 88.9 Å². The van der Waals surface area contributed by atoms with Gasteiger partial charge in [-0.2, -0.15) is 0 Å². The maximum atomic E-state index is 5.31. The van der Waals surface area contributed by atoms with Crippen molar-refractivity contribution in [3.05, 3.63) is 170 Å². The highest BCUT2D eigenvalue weighted by molar-refractivity contribution is 7.99. The molecule has 10 aromatic rings. The Labute approximate surface area is 298 Å². The highest BCUT2D eigenvalue weighted by Gasteiger charge is 2.29. The minimum Gasteiger partial charge on any atom is -0.295 e. The van der Waals surface area contributed by atoms with Gasteiger partial charge in [0.2, 0.25) is 0 Å². The first kappa shape index (κ1) is 28.4. The zero-order chi connectivity index (χ0) is 33.5. The van der Waals surface area contributed by atoms with Gasteiger partial charge in [-0.15, -0.1) is 0 Å². The maximum Gasteiger partial charge on any atom is 0.161 e. The monoisotopic (exact) mass is 668 g/mol. The summed E-state index contributed by atoms with van der Waals surface area (Å²) in [6, 6.07) is 60.4. The molecule has 7 aromatic carbocycles. The SMILES string of the molecule is c1ccc(-c2nc(-c3ccccc3-c3cccc4c3c3c5cccc6c5n(c3n4-c3ccccc3)-c3ccccc3S6)nc3ccccc23)cc1. The van der Waals surface area contributed by atoms with Gasteiger partial charge in [-0.25, -0.2) is 9.97 Å². The molecule has 0 radical (unpaired) electrons.